The molecule has 2 atom stereocenters. The maximum absolute atomic E-state index is 11.8. The number of carboxylic acid groups (broad SMARTS) is 1. The van der Waals surface area contributed by atoms with Gasteiger partial charge in [0.05, 0.1) is 11.8 Å². The fourth-order valence-electron chi connectivity index (χ4n) is 2.93. The Morgan fingerprint density at radius 3 is 2.43 bits per heavy atom. The summed E-state index contributed by atoms with van der Waals surface area (Å²) >= 11 is 0. The first-order valence-electron chi connectivity index (χ1n) is 7.90. The van der Waals surface area contributed by atoms with Gasteiger partial charge in [-0.1, -0.05) is 24.3 Å². The van der Waals surface area contributed by atoms with Crippen LogP contribution in [0.3, 0.4) is 0 Å². The van der Waals surface area contributed by atoms with Crippen LogP contribution in [0.25, 0.3) is 0 Å². The van der Waals surface area contributed by atoms with Gasteiger partial charge in [0, 0.05) is 26.1 Å². The lowest BCUT2D eigenvalue weighted by Crippen LogP contribution is -2.26. The van der Waals surface area contributed by atoms with Gasteiger partial charge in [0.15, 0.2) is 0 Å². The number of carbonyl (C=O) groups excluding carboxylic acids is 2. The predicted molar refractivity (Wildman–Crippen MR) is 82.2 cm³/mol. The van der Waals surface area contributed by atoms with Crippen molar-refractivity contribution >= 4 is 17.8 Å². The minimum Gasteiger partial charge on any atom is -0.481 e. The van der Waals surface area contributed by atoms with Gasteiger partial charge in [-0.2, -0.15) is 0 Å². The number of benzene rings is 1. The molecule has 1 aromatic rings. The van der Waals surface area contributed by atoms with Gasteiger partial charge in [0.1, 0.15) is 0 Å². The molecule has 1 aromatic carbocycles. The van der Waals surface area contributed by atoms with E-state index in [0.29, 0.717) is 25.9 Å². The molecule has 1 saturated heterocycles. The maximum atomic E-state index is 11.8. The predicted octanol–water partition coefficient (Wildman–Crippen LogP) is 1.15. The minimum atomic E-state index is -0.897. The van der Waals surface area contributed by atoms with Crippen LogP contribution in [-0.4, -0.2) is 34.3 Å². The lowest BCUT2D eigenvalue weighted by Gasteiger charge is -2.15. The Hall–Kier alpha value is -2.37. The number of likely N-dealkylation sites (tertiary alicyclic amines) is 1. The zero-order valence-electron chi connectivity index (χ0n) is 12.8. The highest BCUT2D eigenvalue weighted by Gasteiger charge is 2.48. The number of nitrogens with one attached hydrogen (secondary N) is 1. The lowest BCUT2D eigenvalue weighted by molar-refractivity contribution is -0.140. The number of carbonyl (C=O) groups is 3. The van der Waals surface area contributed by atoms with E-state index in [2.05, 4.69) is 5.32 Å². The zero-order chi connectivity index (χ0) is 16.4. The van der Waals surface area contributed by atoms with Gasteiger partial charge >= 0.3 is 5.97 Å². The van der Waals surface area contributed by atoms with Crippen molar-refractivity contribution in [1.29, 1.82) is 0 Å². The summed E-state index contributed by atoms with van der Waals surface area (Å²) < 4.78 is 0. The molecule has 2 fully saturated rings. The third-order valence-electron chi connectivity index (χ3n) is 4.48. The van der Waals surface area contributed by atoms with Crippen LogP contribution in [0.1, 0.15) is 30.4 Å². The molecular formula is C17H20N2O4. The summed E-state index contributed by atoms with van der Waals surface area (Å²) in [4.78, 5) is 36.0. The molecule has 2 N–H and O–H groups in total. The van der Waals surface area contributed by atoms with E-state index in [1.165, 1.54) is 0 Å². The fourth-order valence-corrected chi connectivity index (χ4v) is 2.93. The van der Waals surface area contributed by atoms with Crippen LogP contribution in [0.4, 0.5) is 0 Å². The van der Waals surface area contributed by atoms with Crippen molar-refractivity contribution in [2.75, 3.05) is 6.54 Å². The average Bonchev–Trinajstić information content (AvgIpc) is 3.25. The normalized spacial score (nSPS) is 23.0. The number of amides is 2. The van der Waals surface area contributed by atoms with E-state index in [1.807, 2.05) is 29.2 Å². The topological polar surface area (TPSA) is 86.7 Å². The number of nitrogens with zero attached hydrogens (tertiary/aromatic N) is 1. The number of hydrogen-bond donors (Lipinski definition) is 2. The Kier molecular flexibility index (Phi) is 4.32. The van der Waals surface area contributed by atoms with Gasteiger partial charge in [0.2, 0.25) is 11.8 Å². The van der Waals surface area contributed by atoms with Crippen LogP contribution in [0.5, 0.6) is 0 Å². The van der Waals surface area contributed by atoms with E-state index in [-0.39, 0.29) is 17.7 Å². The Bertz CT molecular complexity index is 626. The van der Waals surface area contributed by atoms with Gasteiger partial charge < -0.3 is 15.3 Å². The van der Waals surface area contributed by atoms with Crippen LogP contribution in [0.15, 0.2) is 24.3 Å². The first-order chi connectivity index (χ1) is 11.0. The third kappa shape index (κ3) is 3.70. The quantitative estimate of drug-likeness (QED) is 0.824. The molecule has 2 amide bonds. The second-order valence-corrected chi connectivity index (χ2v) is 6.24. The van der Waals surface area contributed by atoms with Gasteiger partial charge in [-0.15, -0.1) is 0 Å². The largest absolute Gasteiger partial charge is 0.481 e. The van der Waals surface area contributed by atoms with Gasteiger partial charge in [-0.05, 0) is 24.0 Å². The molecule has 2 aliphatic rings. The van der Waals surface area contributed by atoms with Crippen LogP contribution in [0, 0.1) is 11.8 Å². The summed E-state index contributed by atoms with van der Waals surface area (Å²) in [6.45, 7) is 1.85. The van der Waals surface area contributed by atoms with Crippen molar-refractivity contribution in [3.05, 3.63) is 35.4 Å². The summed E-state index contributed by atoms with van der Waals surface area (Å²) in [7, 11) is 0. The van der Waals surface area contributed by atoms with Gasteiger partial charge in [-0.25, -0.2) is 0 Å². The Morgan fingerprint density at radius 2 is 1.87 bits per heavy atom. The van der Waals surface area contributed by atoms with Crippen LogP contribution < -0.4 is 5.32 Å². The van der Waals surface area contributed by atoms with Gasteiger partial charge in [0.25, 0.3) is 0 Å². The Morgan fingerprint density at radius 1 is 1.17 bits per heavy atom. The van der Waals surface area contributed by atoms with E-state index in [1.54, 1.807) is 0 Å². The molecule has 1 aliphatic carbocycles. The third-order valence-corrected chi connectivity index (χ3v) is 4.48. The Labute approximate surface area is 134 Å². The molecule has 1 aliphatic heterocycles. The van der Waals surface area contributed by atoms with E-state index >= 15 is 0 Å². The maximum Gasteiger partial charge on any atom is 0.307 e. The van der Waals surface area contributed by atoms with Crippen LogP contribution in [-0.2, 0) is 27.5 Å². The van der Waals surface area contributed by atoms with Crippen molar-refractivity contribution < 1.29 is 19.5 Å². The number of aliphatic carboxylic acids is 1. The second kappa shape index (κ2) is 6.40. The molecule has 3 rings (SSSR count). The molecule has 6 nitrogen and oxygen atoms in total. The van der Waals surface area contributed by atoms with Crippen molar-refractivity contribution in [1.82, 2.24) is 10.2 Å². The van der Waals surface area contributed by atoms with E-state index in [0.717, 1.165) is 24.1 Å². The Balaban J connectivity index is 1.47. The standard InChI is InChI=1S/C17H20N2O4/c20-15-2-1-7-19(15)10-12-5-3-11(4-6-12)9-18-16(21)13-8-14(13)17(22)23/h3-6,13-14H,1-2,7-10H2,(H,18,21)(H,22,23). The molecule has 0 spiro atoms. The number of hydrogen-bond acceptors (Lipinski definition) is 3. The summed E-state index contributed by atoms with van der Waals surface area (Å²) in [5, 5.41) is 11.6. The first kappa shape index (κ1) is 15.5. The summed E-state index contributed by atoms with van der Waals surface area (Å²) in [6, 6.07) is 7.78. The first-order valence-corrected chi connectivity index (χ1v) is 7.90. The van der Waals surface area contributed by atoms with Crippen molar-refractivity contribution in [3.63, 3.8) is 0 Å². The second-order valence-electron chi connectivity index (χ2n) is 6.24. The SMILES string of the molecule is O=C(O)C1CC1C(=O)NCc1ccc(CN2CCCC2=O)cc1. The van der Waals surface area contributed by atoms with E-state index in [9.17, 15) is 14.4 Å². The molecular weight excluding hydrogens is 296 g/mol. The molecule has 122 valence electrons. The monoisotopic (exact) mass is 316 g/mol. The van der Waals surface area contributed by atoms with Crippen molar-refractivity contribution in [2.24, 2.45) is 11.8 Å². The van der Waals surface area contributed by atoms with E-state index < -0.39 is 11.9 Å². The number of carboxylic acids is 1. The molecule has 23 heavy (non-hydrogen) atoms. The van der Waals surface area contributed by atoms with E-state index in [4.69, 9.17) is 5.11 Å². The van der Waals surface area contributed by atoms with Crippen LogP contribution in [0.2, 0.25) is 0 Å². The smallest absolute Gasteiger partial charge is 0.307 e. The summed E-state index contributed by atoms with van der Waals surface area (Å²) in [5.74, 6) is -1.78. The zero-order valence-corrected chi connectivity index (χ0v) is 12.8. The van der Waals surface area contributed by atoms with Crippen LogP contribution >= 0.6 is 0 Å². The molecule has 0 radical (unpaired) electrons. The molecule has 6 heteroatoms. The average molecular weight is 316 g/mol. The van der Waals surface area contributed by atoms with Crippen molar-refractivity contribution in [2.45, 2.75) is 32.4 Å². The lowest BCUT2D eigenvalue weighted by atomic mass is 10.1. The highest BCUT2D eigenvalue weighted by molar-refractivity contribution is 5.89. The van der Waals surface area contributed by atoms with Crippen molar-refractivity contribution in [3.8, 4) is 0 Å². The molecule has 0 bridgehead atoms. The highest BCUT2D eigenvalue weighted by atomic mass is 16.4. The number of rotatable bonds is 6. The molecule has 1 saturated carbocycles. The fraction of sp³-hybridized carbons (Fsp3) is 0.471. The minimum absolute atomic E-state index is 0.191. The molecule has 2 unspecified atom stereocenters. The van der Waals surface area contributed by atoms with Gasteiger partial charge in [-0.3, -0.25) is 14.4 Å². The summed E-state index contributed by atoms with van der Waals surface area (Å²) in [5.41, 5.74) is 2.03. The highest BCUT2D eigenvalue weighted by Crippen LogP contribution is 2.38. The molecule has 1 heterocycles. The summed E-state index contributed by atoms with van der Waals surface area (Å²) in [6.07, 6.45) is 2.01. The molecule has 0 aromatic heterocycles.